The van der Waals surface area contributed by atoms with E-state index in [9.17, 15) is 13.2 Å². The fraction of sp³-hybridized carbons (Fsp3) is 0.458. The topological polar surface area (TPSA) is 126 Å². The van der Waals surface area contributed by atoms with Crippen molar-refractivity contribution in [3.63, 3.8) is 0 Å². The Bertz CT molecular complexity index is 1400. The summed E-state index contributed by atoms with van der Waals surface area (Å²) < 4.78 is 27.9. The maximum absolute atomic E-state index is 13.7. The van der Waals surface area contributed by atoms with Crippen LogP contribution in [-0.4, -0.2) is 65.8 Å². The molecule has 13 heteroatoms. The summed E-state index contributed by atoms with van der Waals surface area (Å²) in [6.07, 6.45) is 4.52. The minimum absolute atomic E-state index is 0. The zero-order valence-corrected chi connectivity index (χ0v) is 23.7. The highest BCUT2D eigenvalue weighted by Crippen LogP contribution is 2.30. The summed E-state index contributed by atoms with van der Waals surface area (Å²) >= 11 is 6.17. The summed E-state index contributed by atoms with van der Waals surface area (Å²) in [7, 11) is -3.59. The Kier molecular flexibility index (Phi) is 8.94. The monoisotopic (exact) mass is 569 g/mol. The van der Waals surface area contributed by atoms with Crippen LogP contribution in [0.5, 0.6) is 0 Å². The number of nitrogens with zero attached hydrogens (tertiary/aromatic N) is 5. The van der Waals surface area contributed by atoms with Crippen LogP contribution >= 0.6 is 24.0 Å². The normalized spacial score (nSPS) is 16.5. The minimum Gasteiger partial charge on any atom is -0.355 e. The summed E-state index contributed by atoms with van der Waals surface area (Å²) in [5.41, 5.74) is 8.85. The van der Waals surface area contributed by atoms with Crippen LogP contribution in [0, 0.1) is 6.92 Å². The van der Waals surface area contributed by atoms with E-state index in [1.807, 2.05) is 33.0 Å². The molecule has 0 aliphatic carbocycles. The van der Waals surface area contributed by atoms with Gasteiger partial charge in [0.15, 0.2) is 5.65 Å². The molecular formula is C24H33Cl2N7O3S. The number of carbonyl (C=O) groups is 1. The first kappa shape index (κ1) is 29.0. The van der Waals surface area contributed by atoms with Gasteiger partial charge in [-0.2, -0.15) is 5.10 Å². The third-order valence-corrected chi connectivity index (χ3v) is 7.19. The molecule has 1 aliphatic rings. The number of rotatable bonds is 8. The number of fused-ring (bicyclic) bond motifs is 1. The lowest BCUT2D eigenvalue weighted by Gasteiger charge is -2.29. The van der Waals surface area contributed by atoms with Crippen LogP contribution < -0.4 is 15.4 Å². The number of sulfonamides is 1. The number of aryl methyl sites for hydroxylation is 1. The number of nitrogens with two attached hydrogens (primary N) is 1. The highest BCUT2D eigenvalue weighted by atomic mass is 35.5. The van der Waals surface area contributed by atoms with Gasteiger partial charge in [0.2, 0.25) is 10.0 Å². The molecule has 2 atom stereocenters. The van der Waals surface area contributed by atoms with Crippen LogP contribution in [0.4, 0.5) is 11.5 Å². The van der Waals surface area contributed by atoms with Gasteiger partial charge < -0.3 is 15.5 Å². The highest BCUT2D eigenvalue weighted by molar-refractivity contribution is 7.92. The number of halogens is 2. The first-order chi connectivity index (χ1) is 17.0. The maximum atomic E-state index is 13.7. The van der Waals surface area contributed by atoms with Crippen LogP contribution in [0.3, 0.4) is 0 Å². The van der Waals surface area contributed by atoms with Gasteiger partial charge in [-0.05, 0) is 44.9 Å². The van der Waals surface area contributed by atoms with Gasteiger partial charge in [-0.1, -0.05) is 18.5 Å². The molecule has 3 N–H and O–H groups in total. The predicted octanol–water partition coefficient (Wildman–Crippen LogP) is 3.64. The molecule has 0 radical (unpaired) electrons. The van der Waals surface area contributed by atoms with Crippen molar-refractivity contribution in [1.29, 1.82) is 0 Å². The zero-order chi connectivity index (χ0) is 26.2. The SMILES string of the molecule is CC[C@@H](c1cc2nc(N3CC[C@H](N)C3)c(C)cn2n1)N(CC)C(=O)c1cc(Cl)ccc1NS(C)(=O)=O.Cl. The Balaban J connectivity index is 0.00000380. The van der Waals surface area contributed by atoms with E-state index in [1.165, 1.54) is 12.1 Å². The summed E-state index contributed by atoms with van der Waals surface area (Å²) in [6, 6.07) is 6.21. The van der Waals surface area contributed by atoms with Crippen molar-refractivity contribution < 1.29 is 13.2 Å². The molecule has 37 heavy (non-hydrogen) atoms. The smallest absolute Gasteiger partial charge is 0.256 e. The quantitative estimate of drug-likeness (QED) is 0.424. The lowest BCUT2D eigenvalue weighted by atomic mass is 10.1. The molecule has 0 bridgehead atoms. The second kappa shape index (κ2) is 11.4. The van der Waals surface area contributed by atoms with E-state index in [4.69, 9.17) is 27.4 Å². The van der Waals surface area contributed by atoms with E-state index in [1.54, 1.807) is 15.5 Å². The number of hydrogen-bond acceptors (Lipinski definition) is 7. The van der Waals surface area contributed by atoms with Crippen LogP contribution in [0.1, 0.15) is 54.3 Å². The third kappa shape index (κ3) is 6.28. The molecule has 202 valence electrons. The Morgan fingerprint density at radius 2 is 2.05 bits per heavy atom. The fourth-order valence-corrected chi connectivity index (χ4v) is 5.46. The van der Waals surface area contributed by atoms with E-state index in [-0.39, 0.29) is 41.6 Å². The molecule has 2 aromatic heterocycles. The number of hydrogen-bond donors (Lipinski definition) is 2. The van der Waals surface area contributed by atoms with Crippen molar-refractivity contribution >= 4 is 57.1 Å². The van der Waals surface area contributed by atoms with E-state index in [0.29, 0.717) is 29.3 Å². The van der Waals surface area contributed by atoms with Crippen molar-refractivity contribution in [3.8, 4) is 0 Å². The van der Waals surface area contributed by atoms with E-state index >= 15 is 0 Å². The molecule has 3 heterocycles. The molecule has 1 saturated heterocycles. The average molecular weight is 571 g/mol. The fourth-order valence-electron chi connectivity index (χ4n) is 4.71. The van der Waals surface area contributed by atoms with Crippen molar-refractivity contribution in [2.24, 2.45) is 5.73 Å². The van der Waals surface area contributed by atoms with Crippen LogP contribution in [-0.2, 0) is 10.0 Å². The highest BCUT2D eigenvalue weighted by Gasteiger charge is 2.29. The number of anilines is 2. The second-order valence-electron chi connectivity index (χ2n) is 9.19. The molecule has 1 aliphatic heterocycles. The van der Waals surface area contributed by atoms with Gasteiger partial charge in [-0.15, -0.1) is 12.4 Å². The van der Waals surface area contributed by atoms with Gasteiger partial charge in [-0.25, -0.2) is 17.9 Å². The van der Waals surface area contributed by atoms with Gasteiger partial charge in [0, 0.05) is 48.5 Å². The number of carbonyl (C=O) groups excluding carboxylic acids is 1. The molecule has 1 amide bonds. The van der Waals surface area contributed by atoms with Crippen molar-refractivity contribution in [1.82, 2.24) is 19.5 Å². The summed E-state index contributed by atoms with van der Waals surface area (Å²) in [6.45, 7) is 7.88. The Morgan fingerprint density at radius 3 is 2.65 bits per heavy atom. The van der Waals surface area contributed by atoms with Gasteiger partial charge in [-0.3, -0.25) is 9.52 Å². The number of benzene rings is 1. The van der Waals surface area contributed by atoms with Crippen molar-refractivity contribution in [2.45, 2.75) is 45.7 Å². The Labute approximate surface area is 228 Å². The summed E-state index contributed by atoms with van der Waals surface area (Å²) in [5, 5.41) is 5.09. The lowest BCUT2D eigenvalue weighted by Crippen LogP contribution is -2.35. The average Bonchev–Trinajstić information content (AvgIpc) is 3.42. The zero-order valence-electron chi connectivity index (χ0n) is 21.3. The first-order valence-electron chi connectivity index (χ1n) is 12.0. The molecule has 0 spiro atoms. The Morgan fingerprint density at radius 1 is 1.32 bits per heavy atom. The van der Waals surface area contributed by atoms with Crippen LogP contribution in [0.2, 0.25) is 5.02 Å². The van der Waals surface area contributed by atoms with Crippen molar-refractivity contribution in [3.05, 3.63) is 52.3 Å². The minimum atomic E-state index is -3.59. The lowest BCUT2D eigenvalue weighted by molar-refractivity contribution is 0.0679. The molecule has 0 saturated carbocycles. The molecule has 0 unspecified atom stereocenters. The van der Waals surface area contributed by atoms with Gasteiger partial charge in [0.05, 0.1) is 29.2 Å². The summed E-state index contributed by atoms with van der Waals surface area (Å²) in [4.78, 5) is 22.4. The molecule has 1 fully saturated rings. The first-order valence-corrected chi connectivity index (χ1v) is 14.2. The number of nitrogens with one attached hydrogen (secondary N) is 1. The van der Waals surface area contributed by atoms with Gasteiger partial charge in [0.1, 0.15) is 5.82 Å². The molecule has 10 nitrogen and oxygen atoms in total. The van der Waals surface area contributed by atoms with E-state index in [2.05, 4.69) is 9.62 Å². The molecule has 4 rings (SSSR count). The standard InChI is InChI=1S/C24H32ClN7O3S.ClH/c1-5-21(31(6-2)24(33)18-11-16(25)7-8-19(18)29-36(4,34)35)20-12-22-27-23(15(3)13-32(22)28-20)30-10-9-17(26)14-30;/h7-8,11-13,17,21,29H,5-6,9-10,14,26H2,1-4H3;1H/t17-,21-;/m0./s1. The predicted molar refractivity (Wildman–Crippen MR) is 149 cm³/mol. The van der Waals surface area contributed by atoms with E-state index < -0.39 is 10.0 Å². The third-order valence-electron chi connectivity index (χ3n) is 6.36. The van der Waals surface area contributed by atoms with Gasteiger partial charge in [0.25, 0.3) is 5.91 Å². The number of amides is 1. The van der Waals surface area contributed by atoms with Crippen LogP contribution in [0.25, 0.3) is 5.65 Å². The maximum Gasteiger partial charge on any atom is 0.256 e. The molecule has 1 aromatic carbocycles. The Hall–Kier alpha value is -2.60. The van der Waals surface area contributed by atoms with Gasteiger partial charge >= 0.3 is 0 Å². The van der Waals surface area contributed by atoms with E-state index in [0.717, 1.165) is 37.1 Å². The number of aromatic nitrogens is 3. The van der Waals surface area contributed by atoms with Crippen molar-refractivity contribution in [2.75, 3.05) is 35.5 Å². The second-order valence-corrected chi connectivity index (χ2v) is 11.4. The summed E-state index contributed by atoms with van der Waals surface area (Å²) in [5.74, 6) is 0.555. The largest absolute Gasteiger partial charge is 0.355 e. The molecular weight excluding hydrogens is 537 g/mol. The molecule has 3 aromatic rings. The van der Waals surface area contributed by atoms with Crippen LogP contribution in [0.15, 0.2) is 30.5 Å².